The zero-order valence-electron chi connectivity index (χ0n) is 9.51. The maximum Gasteiger partial charge on any atom is 0.155 e. The molecule has 3 heteroatoms. The van der Waals surface area contributed by atoms with E-state index in [-0.39, 0.29) is 5.78 Å². The third-order valence-electron chi connectivity index (χ3n) is 2.96. The van der Waals surface area contributed by atoms with Crippen molar-refractivity contribution in [1.29, 1.82) is 0 Å². The molecular weight excluding hydrogens is 255 g/mol. The normalized spacial score (nSPS) is 16.6. The Morgan fingerprint density at radius 2 is 1.88 bits per heavy atom. The predicted octanol–water partition coefficient (Wildman–Crippen LogP) is 4.61. The lowest BCUT2D eigenvalue weighted by molar-refractivity contribution is -0.114. The Bertz CT molecular complexity index is 463. The van der Waals surface area contributed by atoms with E-state index in [1.165, 1.54) is 0 Å². The number of hydrogen-bond acceptors (Lipinski definition) is 1. The average Bonchev–Trinajstić information content (AvgIpc) is 2.48. The Hall–Kier alpha value is -0.790. The van der Waals surface area contributed by atoms with Crippen LogP contribution in [0.25, 0.3) is 0 Å². The van der Waals surface area contributed by atoms with Gasteiger partial charge in [0, 0.05) is 16.5 Å². The van der Waals surface area contributed by atoms with E-state index in [1.807, 2.05) is 6.07 Å². The molecule has 0 N–H and O–H groups in total. The minimum absolute atomic E-state index is 0.232. The Balaban J connectivity index is 2.19. The van der Waals surface area contributed by atoms with E-state index in [0.29, 0.717) is 16.5 Å². The number of carbonyl (C=O) groups excluding carboxylic acids is 1. The molecule has 0 fully saturated rings. The number of rotatable bonds is 2. The topological polar surface area (TPSA) is 17.1 Å². The first-order chi connectivity index (χ1) is 8.15. The van der Waals surface area contributed by atoms with Crippen LogP contribution in [0.5, 0.6) is 0 Å². The van der Waals surface area contributed by atoms with E-state index < -0.39 is 0 Å². The average molecular weight is 269 g/mol. The predicted molar refractivity (Wildman–Crippen MR) is 71.7 cm³/mol. The smallest absolute Gasteiger partial charge is 0.155 e. The molecule has 0 unspecified atom stereocenters. The highest BCUT2D eigenvalue weighted by molar-refractivity contribution is 6.33. The van der Waals surface area contributed by atoms with Crippen molar-refractivity contribution in [3.63, 3.8) is 0 Å². The summed E-state index contributed by atoms with van der Waals surface area (Å²) >= 11 is 12.1. The molecule has 0 amide bonds. The fraction of sp³-hybridized carbons (Fsp3) is 0.357. The fourth-order valence-corrected chi connectivity index (χ4v) is 2.47. The van der Waals surface area contributed by atoms with Gasteiger partial charge in [0.2, 0.25) is 0 Å². The summed E-state index contributed by atoms with van der Waals surface area (Å²) in [4.78, 5) is 11.5. The Morgan fingerprint density at radius 1 is 1.12 bits per heavy atom. The lowest BCUT2D eigenvalue weighted by atomic mass is 10.0. The van der Waals surface area contributed by atoms with Gasteiger partial charge in [0.1, 0.15) is 0 Å². The summed E-state index contributed by atoms with van der Waals surface area (Å²) < 4.78 is 0. The monoisotopic (exact) mass is 268 g/mol. The quantitative estimate of drug-likeness (QED) is 0.766. The molecule has 1 nitrogen and oxygen atoms in total. The Kier molecular flexibility index (Phi) is 4.25. The van der Waals surface area contributed by atoms with Gasteiger partial charge >= 0.3 is 0 Å². The van der Waals surface area contributed by atoms with Crippen molar-refractivity contribution in [2.24, 2.45) is 0 Å². The maximum absolute atomic E-state index is 11.5. The summed E-state index contributed by atoms with van der Waals surface area (Å²) in [6.07, 6.45) is 6.23. The first kappa shape index (κ1) is 12.7. The number of ketones is 1. The van der Waals surface area contributed by atoms with Crippen molar-refractivity contribution in [1.82, 2.24) is 0 Å². The van der Waals surface area contributed by atoms with E-state index in [0.717, 1.165) is 36.8 Å². The lowest BCUT2D eigenvalue weighted by Gasteiger charge is -2.07. The summed E-state index contributed by atoms with van der Waals surface area (Å²) in [7, 11) is 0. The van der Waals surface area contributed by atoms with Crippen LogP contribution in [0, 0.1) is 0 Å². The minimum atomic E-state index is 0.232. The van der Waals surface area contributed by atoms with E-state index in [9.17, 15) is 4.79 Å². The van der Waals surface area contributed by atoms with E-state index in [2.05, 4.69) is 0 Å². The maximum atomic E-state index is 11.5. The highest BCUT2D eigenvalue weighted by atomic mass is 35.5. The third kappa shape index (κ3) is 3.58. The molecule has 17 heavy (non-hydrogen) atoms. The summed E-state index contributed by atoms with van der Waals surface area (Å²) in [6.45, 7) is 0. The van der Waals surface area contributed by atoms with Crippen molar-refractivity contribution < 1.29 is 4.79 Å². The van der Waals surface area contributed by atoms with Crippen LogP contribution in [0.1, 0.15) is 31.2 Å². The van der Waals surface area contributed by atoms with Gasteiger partial charge in [-0.1, -0.05) is 28.8 Å². The first-order valence-electron chi connectivity index (χ1n) is 5.81. The second-order valence-corrected chi connectivity index (χ2v) is 5.23. The third-order valence-corrected chi connectivity index (χ3v) is 3.57. The van der Waals surface area contributed by atoms with Crippen molar-refractivity contribution in [3.8, 4) is 0 Å². The van der Waals surface area contributed by atoms with Crippen LogP contribution in [-0.4, -0.2) is 5.78 Å². The van der Waals surface area contributed by atoms with Gasteiger partial charge in [-0.15, -0.1) is 0 Å². The summed E-state index contributed by atoms with van der Waals surface area (Å²) in [5.41, 5.74) is 2.16. The van der Waals surface area contributed by atoms with Crippen LogP contribution in [0.3, 0.4) is 0 Å². The minimum Gasteiger partial charge on any atom is -0.295 e. The molecule has 0 atom stereocenters. The van der Waals surface area contributed by atoms with Crippen molar-refractivity contribution in [3.05, 3.63) is 45.5 Å². The van der Waals surface area contributed by atoms with Gasteiger partial charge in [0.15, 0.2) is 5.78 Å². The zero-order valence-corrected chi connectivity index (χ0v) is 11.0. The van der Waals surface area contributed by atoms with Gasteiger partial charge in [0.05, 0.1) is 0 Å². The highest BCUT2D eigenvalue weighted by Crippen LogP contribution is 2.26. The number of carbonyl (C=O) groups is 1. The van der Waals surface area contributed by atoms with Gasteiger partial charge in [-0.05, 0) is 55.5 Å². The molecule has 90 valence electrons. The molecule has 0 aromatic heterocycles. The van der Waals surface area contributed by atoms with Gasteiger partial charge in [-0.25, -0.2) is 0 Å². The second-order valence-electron chi connectivity index (χ2n) is 4.39. The zero-order chi connectivity index (χ0) is 12.3. The molecule has 1 aliphatic rings. The van der Waals surface area contributed by atoms with Gasteiger partial charge in [-0.3, -0.25) is 4.79 Å². The number of halogens is 2. The van der Waals surface area contributed by atoms with Crippen LogP contribution >= 0.6 is 23.2 Å². The van der Waals surface area contributed by atoms with E-state index in [1.54, 1.807) is 18.2 Å². The van der Waals surface area contributed by atoms with Crippen LogP contribution in [0.15, 0.2) is 29.8 Å². The molecule has 0 bridgehead atoms. The molecule has 0 spiro atoms. The van der Waals surface area contributed by atoms with Gasteiger partial charge in [0.25, 0.3) is 0 Å². The molecule has 2 rings (SSSR count). The van der Waals surface area contributed by atoms with Gasteiger partial charge in [-0.2, -0.15) is 0 Å². The lowest BCUT2D eigenvalue weighted by Crippen LogP contribution is -1.94. The Morgan fingerprint density at radius 3 is 2.71 bits per heavy atom. The molecule has 0 aliphatic heterocycles. The molecule has 0 radical (unpaired) electrons. The number of benzene rings is 1. The van der Waals surface area contributed by atoms with Crippen molar-refractivity contribution >= 4 is 29.0 Å². The molecule has 1 aliphatic carbocycles. The van der Waals surface area contributed by atoms with Crippen LogP contribution in [0.2, 0.25) is 10.0 Å². The van der Waals surface area contributed by atoms with Crippen molar-refractivity contribution in [2.45, 2.75) is 32.1 Å². The first-order valence-corrected chi connectivity index (χ1v) is 6.57. The van der Waals surface area contributed by atoms with E-state index >= 15 is 0 Å². The molecular formula is C14H14Cl2O. The molecule has 0 heterocycles. The van der Waals surface area contributed by atoms with Crippen LogP contribution in [0.4, 0.5) is 0 Å². The summed E-state index contributed by atoms with van der Waals surface area (Å²) in [5.74, 6) is 0.232. The standard InChI is InChI=1S/C14H14Cl2O/c15-12-5-6-14(16)11(9-12)7-10-3-1-2-4-13(17)8-10/h5-6,8-9H,1-4,7H2. The van der Waals surface area contributed by atoms with Gasteiger partial charge < -0.3 is 0 Å². The molecule has 0 saturated carbocycles. The molecule has 0 saturated heterocycles. The fourth-order valence-electron chi connectivity index (χ4n) is 2.09. The largest absolute Gasteiger partial charge is 0.295 e. The highest BCUT2D eigenvalue weighted by Gasteiger charge is 2.10. The van der Waals surface area contributed by atoms with Crippen LogP contribution < -0.4 is 0 Å². The number of allylic oxidation sites excluding steroid dienone is 2. The van der Waals surface area contributed by atoms with E-state index in [4.69, 9.17) is 23.2 Å². The summed E-state index contributed by atoms with van der Waals surface area (Å²) in [6, 6.07) is 5.46. The molecule has 1 aromatic rings. The number of hydrogen-bond donors (Lipinski definition) is 0. The Labute approximate surface area is 111 Å². The second kappa shape index (κ2) is 5.70. The van der Waals surface area contributed by atoms with Crippen molar-refractivity contribution in [2.75, 3.05) is 0 Å². The van der Waals surface area contributed by atoms with Crippen LogP contribution in [-0.2, 0) is 11.2 Å². The summed E-state index contributed by atoms with van der Waals surface area (Å²) in [5, 5.41) is 1.40. The molecule has 1 aromatic carbocycles. The SMILES string of the molecule is O=C1C=C(Cc2cc(Cl)ccc2Cl)CCCC1.